The minimum Gasteiger partial charge on any atom is -0.469 e. The van der Waals surface area contributed by atoms with Crippen LogP contribution in [0.4, 0.5) is 4.79 Å². The highest BCUT2D eigenvalue weighted by Crippen LogP contribution is 2.14. The summed E-state index contributed by atoms with van der Waals surface area (Å²) in [5.41, 5.74) is 0.736. The molecule has 1 saturated heterocycles. The average molecular weight is 392 g/mol. The minimum atomic E-state index is -1.32. The first-order valence-corrected chi connectivity index (χ1v) is 8.52. The normalized spacial score (nSPS) is 14.4. The van der Waals surface area contributed by atoms with Crippen molar-refractivity contribution in [3.8, 4) is 0 Å². The number of carbonyl (C=O) groups is 5. The molecular weight excluding hydrogens is 372 g/mol. The molecule has 3 amide bonds. The van der Waals surface area contributed by atoms with E-state index in [0.29, 0.717) is 5.06 Å². The van der Waals surface area contributed by atoms with Crippen LogP contribution >= 0.6 is 0 Å². The maximum atomic E-state index is 12.3. The SMILES string of the molecule is COC(=O)CC[C@H](NC(=O)OCc1ccccc1)C(=O)ON1C(=O)CCC1=O. The molecule has 0 aromatic heterocycles. The molecule has 0 spiro atoms. The van der Waals surface area contributed by atoms with Gasteiger partial charge in [0.1, 0.15) is 12.6 Å². The molecular formula is C18H20N2O8. The molecule has 1 aromatic rings. The summed E-state index contributed by atoms with van der Waals surface area (Å²) in [6.45, 7) is -0.0332. The minimum absolute atomic E-state index is 0.0332. The number of rotatable bonds is 8. The molecule has 1 atom stereocenters. The Labute approximate surface area is 160 Å². The van der Waals surface area contributed by atoms with Gasteiger partial charge in [-0.15, -0.1) is 5.06 Å². The van der Waals surface area contributed by atoms with Crippen molar-refractivity contribution in [2.45, 2.75) is 38.3 Å². The lowest BCUT2D eigenvalue weighted by molar-refractivity contribution is -0.199. The first-order valence-electron chi connectivity index (χ1n) is 8.52. The number of ether oxygens (including phenoxy) is 2. The smallest absolute Gasteiger partial charge is 0.408 e. The van der Waals surface area contributed by atoms with Crippen molar-refractivity contribution < 1.29 is 38.3 Å². The van der Waals surface area contributed by atoms with Gasteiger partial charge in [-0.2, -0.15) is 0 Å². The highest BCUT2D eigenvalue weighted by atomic mass is 16.7. The van der Waals surface area contributed by atoms with Crippen LogP contribution in [0, 0.1) is 0 Å². The van der Waals surface area contributed by atoms with E-state index in [-0.39, 0.29) is 32.3 Å². The number of carbonyl (C=O) groups excluding carboxylic acids is 5. The lowest BCUT2D eigenvalue weighted by atomic mass is 10.1. The van der Waals surface area contributed by atoms with Crippen LogP contribution < -0.4 is 5.32 Å². The highest BCUT2D eigenvalue weighted by molar-refractivity contribution is 6.01. The van der Waals surface area contributed by atoms with Gasteiger partial charge in [0.05, 0.1) is 7.11 Å². The van der Waals surface area contributed by atoms with Gasteiger partial charge < -0.3 is 19.6 Å². The lowest BCUT2D eigenvalue weighted by Crippen LogP contribution is -2.45. The zero-order valence-corrected chi connectivity index (χ0v) is 15.2. The van der Waals surface area contributed by atoms with E-state index in [4.69, 9.17) is 9.57 Å². The maximum Gasteiger partial charge on any atom is 0.408 e. The molecule has 1 aromatic carbocycles. The van der Waals surface area contributed by atoms with Gasteiger partial charge in [-0.3, -0.25) is 14.4 Å². The van der Waals surface area contributed by atoms with Crippen LogP contribution in [0.1, 0.15) is 31.2 Å². The molecule has 2 rings (SSSR count). The molecule has 28 heavy (non-hydrogen) atoms. The molecule has 1 heterocycles. The molecule has 0 aliphatic carbocycles. The predicted octanol–water partition coefficient (Wildman–Crippen LogP) is 0.842. The van der Waals surface area contributed by atoms with Crippen molar-refractivity contribution in [2.75, 3.05) is 7.11 Å². The van der Waals surface area contributed by atoms with Crippen LogP contribution in [-0.2, 0) is 40.1 Å². The van der Waals surface area contributed by atoms with Crippen molar-refractivity contribution >= 4 is 29.8 Å². The van der Waals surface area contributed by atoms with Crippen LogP contribution in [0.15, 0.2) is 30.3 Å². The van der Waals surface area contributed by atoms with Crippen molar-refractivity contribution in [1.82, 2.24) is 10.4 Å². The van der Waals surface area contributed by atoms with Crippen LogP contribution in [0.3, 0.4) is 0 Å². The van der Waals surface area contributed by atoms with Crippen molar-refractivity contribution in [3.63, 3.8) is 0 Å². The highest BCUT2D eigenvalue weighted by Gasteiger charge is 2.35. The molecule has 0 bridgehead atoms. The van der Waals surface area contributed by atoms with Crippen molar-refractivity contribution in [1.29, 1.82) is 0 Å². The first-order chi connectivity index (χ1) is 13.4. The van der Waals surface area contributed by atoms with Crippen molar-refractivity contribution in [2.24, 2.45) is 0 Å². The Morgan fingerprint density at radius 2 is 1.75 bits per heavy atom. The quantitative estimate of drug-likeness (QED) is 0.509. The number of nitrogens with zero attached hydrogens (tertiary/aromatic N) is 1. The van der Waals surface area contributed by atoms with Crippen LogP contribution in [0.5, 0.6) is 0 Å². The Kier molecular flexibility index (Phi) is 7.49. The Balaban J connectivity index is 1.96. The number of alkyl carbamates (subject to hydrolysis) is 1. The van der Waals surface area contributed by atoms with Crippen molar-refractivity contribution in [3.05, 3.63) is 35.9 Å². The number of benzene rings is 1. The lowest BCUT2D eigenvalue weighted by Gasteiger charge is -2.19. The summed E-state index contributed by atoms with van der Waals surface area (Å²) in [7, 11) is 1.18. The largest absolute Gasteiger partial charge is 0.469 e. The summed E-state index contributed by atoms with van der Waals surface area (Å²) >= 11 is 0. The Hall–Kier alpha value is -3.43. The van der Waals surface area contributed by atoms with E-state index in [1.54, 1.807) is 24.3 Å². The molecule has 10 heteroatoms. The molecule has 1 aliphatic heterocycles. The van der Waals surface area contributed by atoms with E-state index in [1.807, 2.05) is 6.07 Å². The number of amides is 3. The van der Waals surface area contributed by atoms with E-state index in [1.165, 1.54) is 7.11 Å². The van der Waals surface area contributed by atoms with Gasteiger partial charge in [-0.1, -0.05) is 30.3 Å². The zero-order valence-electron chi connectivity index (χ0n) is 15.2. The van der Waals surface area contributed by atoms with Gasteiger partial charge in [0.2, 0.25) is 0 Å². The standard InChI is InChI=1S/C18H20N2O8/c1-26-16(23)10-7-13(17(24)28-20-14(21)8-9-15(20)22)19-18(25)27-11-12-5-3-2-4-6-12/h2-6,13H,7-11H2,1H3,(H,19,25)/t13-/m0/s1. The number of hydrogen-bond acceptors (Lipinski definition) is 8. The summed E-state index contributed by atoms with van der Waals surface area (Å²) in [5, 5.41) is 2.64. The van der Waals surface area contributed by atoms with Gasteiger partial charge >= 0.3 is 18.0 Å². The van der Waals surface area contributed by atoms with E-state index < -0.39 is 35.9 Å². The van der Waals surface area contributed by atoms with E-state index in [9.17, 15) is 24.0 Å². The number of hydrogen-bond donors (Lipinski definition) is 1. The number of nitrogens with one attached hydrogen (secondary N) is 1. The van der Waals surface area contributed by atoms with Gasteiger partial charge in [-0.05, 0) is 12.0 Å². The third-order valence-electron chi connectivity index (χ3n) is 3.84. The molecule has 0 saturated carbocycles. The van der Waals surface area contributed by atoms with Crippen LogP contribution in [-0.4, -0.2) is 48.1 Å². The Morgan fingerprint density at radius 1 is 1.11 bits per heavy atom. The second kappa shape index (κ2) is 10.0. The van der Waals surface area contributed by atoms with E-state index >= 15 is 0 Å². The molecule has 1 fully saturated rings. The molecule has 0 radical (unpaired) electrons. The summed E-state index contributed by atoms with van der Waals surface area (Å²) in [5.74, 6) is -2.98. The fraction of sp³-hybridized carbons (Fsp3) is 0.389. The summed E-state index contributed by atoms with van der Waals surface area (Å²) in [6, 6.07) is 7.54. The third-order valence-corrected chi connectivity index (χ3v) is 3.84. The number of hydroxylamine groups is 2. The molecule has 1 aliphatic rings. The third kappa shape index (κ3) is 6.08. The predicted molar refractivity (Wildman–Crippen MR) is 92.0 cm³/mol. The van der Waals surface area contributed by atoms with Gasteiger partial charge in [0.25, 0.3) is 11.8 Å². The Morgan fingerprint density at radius 3 is 2.36 bits per heavy atom. The Bertz CT molecular complexity index is 733. The average Bonchev–Trinajstić information content (AvgIpc) is 3.01. The van der Waals surface area contributed by atoms with E-state index in [0.717, 1.165) is 5.56 Å². The fourth-order valence-electron chi connectivity index (χ4n) is 2.33. The summed E-state index contributed by atoms with van der Waals surface area (Å²) in [6.07, 6.45) is -1.41. The number of esters is 1. The second-order valence-electron chi connectivity index (χ2n) is 5.87. The monoisotopic (exact) mass is 392 g/mol. The van der Waals surface area contributed by atoms with Crippen LogP contribution in [0.25, 0.3) is 0 Å². The first kappa shape index (κ1) is 20.9. The maximum absolute atomic E-state index is 12.3. The van der Waals surface area contributed by atoms with Crippen LogP contribution in [0.2, 0.25) is 0 Å². The topological polar surface area (TPSA) is 128 Å². The molecule has 150 valence electrons. The zero-order chi connectivity index (χ0) is 20.5. The second-order valence-corrected chi connectivity index (χ2v) is 5.87. The molecule has 1 N–H and O–H groups in total. The summed E-state index contributed by atoms with van der Waals surface area (Å²) < 4.78 is 9.54. The molecule has 10 nitrogen and oxygen atoms in total. The van der Waals surface area contributed by atoms with Gasteiger partial charge in [-0.25, -0.2) is 9.59 Å². The van der Waals surface area contributed by atoms with E-state index in [2.05, 4.69) is 10.1 Å². The fourth-order valence-corrected chi connectivity index (χ4v) is 2.33. The number of imide groups is 1. The van der Waals surface area contributed by atoms with Gasteiger partial charge in [0, 0.05) is 19.3 Å². The number of methoxy groups -OCH3 is 1. The summed E-state index contributed by atoms with van der Waals surface area (Å²) in [4.78, 5) is 63.6. The van der Waals surface area contributed by atoms with Gasteiger partial charge in [0.15, 0.2) is 0 Å². The molecule has 0 unspecified atom stereocenters.